The number of carbonyl (C=O) groups excluding carboxylic acids is 1. The summed E-state index contributed by atoms with van der Waals surface area (Å²) in [6, 6.07) is 0. The van der Waals surface area contributed by atoms with Crippen LogP contribution in [0.3, 0.4) is 0 Å². The minimum atomic E-state index is -0.377. The molecule has 23 heavy (non-hydrogen) atoms. The van der Waals surface area contributed by atoms with Crippen molar-refractivity contribution in [2.45, 2.75) is 64.9 Å². The van der Waals surface area contributed by atoms with Crippen molar-refractivity contribution < 1.29 is 15.1 Å². The molecular weight excluding hydrogens is 290 g/mol. The second-order valence-corrected chi connectivity index (χ2v) is 8.66. The number of hydrogen-bond acceptors (Lipinski definition) is 4. The fourth-order valence-corrected chi connectivity index (χ4v) is 6.64. The molecule has 3 saturated carbocycles. The fourth-order valence-electron chi connectivity index (χ4n) is 6.64. The number of nitrogens with zero attached hydrogens (tertiary/aromatic N) is 1. The van der Waals surface area contributed by atoms with E-state index in [9.17, 15) is 15.1 Å². The molecule has 4 nitrogen and oxygen atoms in total. The molecule has 0 heterocycles. The van der Waals surface area contributed by atoms with Crippen LogP contribution >= 0.6 is 0 Å². The van der Waals surface area contributed by atoms with Gasteiger partial charge < -0.3 is 10.3 Å². The van der Waals surface area contributed by atoms with Crippen molar-refractivity contribution in [3.8, 4) is 0 Å². The zero-order valence-corrected chi connectivity index (χ0v) is 14.1. The largest absolute Gasteiger partial charge is 0.411 e. The van der Waals surface area contributed by atoms with Gasteiger partial charge >= 0.3 is 0 Å². The van der Waals surface area contributed by atoms with Crippen molar-refractivity contribution in [3.05, 3.63) is 11.6 Å². The number of aliphatic hydroxyl groups excluding tert-OH is 1. The maximum Gasteiger partial charge on any atom is 0.155 e. The van der Waals surface area contributed by atoms with Gasteiger partial charge in [-0.25, -0.2) is 0 Å². The van der Waals surface area contributed by atoms with Crippen molar-refractivity contribution >= 4 is 11.5 Å². The van der Waals surface area contributed by atoms with E-state index in [0.29, 0.717) is 24.7 Å². The fraction of sp³-hybridized carbons (Fsp3) is 0.789. The highest BCUT2D eigenvalue weighted by Gasteiger charge is 2.61. The predicted molar refractivity (Wildman–Crippen MR) is 87.3 cm³/mol. The van der Waals surface area contributed by atoms with Crippen molar-refractivity contribution in [1.82, 2.24) is 0 Å². The quantitative estimate of drug-likeness (QED) is 0.532. The Hall–Kier alpha value is -1.16. The van der Waals surface area contributed by atoms with Gasteiger partial charge in [-0.3, -0.25) is 4.79 Å². The molecule has 3 fully saturated rings. The average Bonchev–Trinajstić information content (AvgIpc) is 2.83. The summed E-state index contributed by atoms with van der Waals surface area (Å²) in [6.45, 7) is 4.45. The third-order valence-electron chi connectivity index (χ3n) is 7.76. The zero-order chi connectivity index (χ0) is 16.4. The summed E-state index contributed by atoms with van der Waals surface area (Å²) in [5.41, 5.74) is 1.96. The molecular formula is C19H27NO3. The van der Waals surface area contributed by atoms with Crippen LogP contribution in [0, 0.1) is 28.6 Å². The van der Waals surface area contributed by atoms with E-state index in [1.54, 1.807) is 0 Å². The Morgan fingerprint density at radius 3 is 2.70 bits per heavy atom. The Labute approximate surface area is 137 Å². The number of hydrogen-bond donors (Lipinski definition) is 2. The molecule has 4 aliphatic rings. The van der Waals surface area contributed by atoms with Gasteiger partial charge in [0.05, 0.1) is 11.8 Å². The third kappa shape index (κ3) is 1.93. The van der Waals surface area contributed by atoms with Crippen molar-refractivity contribution in [2.75, 3.05) is 0 Å². The maximum atomic E-state index is 11.8. The maximum absolute atomic E-state index is 11.8. The Bertz CT molecular complexity index is 610. The number of aliphatic hydroxyl groups is 1. The van der Waals surface area contributed by atoms with Crippen LogP contribution in [0.15, 0.2) is 16.8 Å². The first kappa shape index (κ1) is 15.4. The molecule has 4 heteroatoms. The van der Waals surface area contributed by atoms with E-state index in [-0.39, 0.29) is 28.6 Å². The van der Waals surface area contributed by atoms with Crippen LogP contribution < -0.4 is 0 Å². The summed E-state index contributed by atoms with van der Waals surface area (Å²) in [5, 5.41) is 24.0. The summed E-state index contributed by atoms with van der Waals surface area (Å²) in [6.07, 6.45) is 7.62. The Morgan fingerprint density at radius 2 is 1.96 bits per heavy atom. The Kier molecular flexibility index (Phi) is 3.29. The van der Waals surface area contributed by atoms with Crippen LogP contribution in [0.1, 0.15) is 58.8 Å². The zero-order valence-electron chi connectivity index (χ0n) is 14.1. The molecule has 0 spiro atoms. The highest BCUT2D eigenvalue weighted by molar-refractivity contribution is 5.92. The van der Waals surface area contributed by atoms with E-state index in [4.69, 9.17) is 0 Å². The van der Waals surface area contributed by atoms with Gasteiger partial charge in [0.1, 0.15) is 0 Å². The molecule has 0 aliphatic heterocycles. The Morgan fingerprint density at radius 1 is 1.17 bits per heavy atom. The van der Waals surface area contributed by atoms with Gasteiger partial charge in [0, 0.05) is 11.8 Å². The number of oxime groups is 1. The summed E-state index contributed by atoms with van der Waals surface area (Å²) in [4.78, 5) is 11.8. The lowest BCUT2D eigenvalue weighted by molar-refractivity contribution is -0.122. The van der Waals surface area contributed by atoms with E-state index < -0.39 is 0 Å². The predicted octanol–water partition coefficient (Wildman–Crippen LogP) is 3.32. The number of carbonyl (C=O) groups is 1. The molecule has 4 rings (SSSR count). The van der Waals surface area contributed by atoms with Crippen LogP contribution in [-0.2, 0) is 4.79 Å². The smallest absolute Gasteiger partial charge is 0.155 e. The van der Waals surface area contributed by atoms with E-state index in [0.717, 1.165) is 37.8 Å². The molecule has 126 valence electrons. The molecule has 0 aromatic heterocycles. The van der Waals surface area contributed by atoms with E-state index in [1.165, 1.54) is 5.57 Å². The molecule has 0 aromatic rings. The van der Waals surface area contributed by atoms with Gasteiger partial charge in [-0.2, -0.15) is 0 Å². The molecule has 0 radical (unpaired) electrons. The second-order valence-electron chi connectivity index (χ2n) is 8.66. The normalized spacial score (nSPS) is 51.0. The first-order chi connectivity index (χ1) is 10.9. The van der Waals surface area contributed by atoms with Gasteiger partial charge in [-0.15, -0.1) is 0 Å². The molecule has 0 amide bonds. The molecule has 4 aliphatic carbocycles. The van der Waals surface area contributed by atoms with Gasteiger partial charge in [-0.1, -0.05) is 24.6 Å². The number of allylic oxidation sites excluding steroid dienone is 1. The Balaban J connectivity index is 1.75. The van der Waals surface area contributed by atoms with Crippen molar-refractivity contribution in [1.29, 1.82) is 0 Å². The molecule has 0 saturated heterocycles. The molecule has 2 N–H and O–H groups in total. The van der Waals surface area contributed by atoms with Gasteiger partial charge in [0.25, 0.3) is 0 Å². The number of fused-ring (bicyclic) bond motifs is 5. The van der Waals surface area contributed by atoms with Gasteiger partial charge in [0.2, 0.25) is 0 Å². The van der Waals surface area contributed by atoms with Crippen molar-refractivity contribution in [3.63, 3.8) is 0 Å². The lowest BCUT2D eigenvalue weighted by atomic mass is 9.46. The van der Waals surface area contributed by atoms with Crippen LogP contribution in [0.5, 0.6) is 0 Å². The standard InChI is InChI=1S/C19H27NO3/c1-18-8-7-12(21)9-11(18)3-4-13-14-5-6-16(20-23)19(14,2)10-15(22)17(13)18/h9,13-15,17,22-23H,3-8,10H2,1-2H3/b20-16+/t13?,14?,15-,17?,18?,19?/m0/s1. The summed E-state index contributed by atoms with van der Waals surface area (Å²) in [5.74, 6) is 1.46. The lowest BCUT2D eigenvalue weighted by Gasteiger charge is -2.58. The highest BCUT2D eigenvalue weighted by Crippen LogP contribution is 2.64. The third-order valence-corrected chi connectivity index (χ3v) is 7.76. The summed E-state index contributed by atoms with van der Waals surface area (Å²) >= 11 is 0. The topological polar surface area (TPSA) is 69.9 Å². The molecule has 0 aromatic carbocycles. The molecule has 6 atom stereocenters. The van der Waals surface area contributed by atoms with Crippen LogP contribution in [0.4, 0.5) is 0 Å². The number of ketones is 1. The van der Waals surface area contributed by atoms with Crippen LogP contribution in [0.2, 0.25) is 0 Å². The summed E-state index contributed by atoms with van der Waals surface area (Å²) < 4.78 is 0. The SMILES string of the molecule is CC12CCC(=O)C=C1CCC1C2[C@@H](O)CC2(C)/C(=N/O)CCC12. The first-order valence-electron chi connectivity index (χ1n) is 9.03. The molecule has 5 unspecified atom stereocenters. The highest BCUT2D eigenvalue weighted by atomic mass is 16.4. The first-order valence-corrected chi connectivity index (χ1v) is 9.03. The summed E-state index contributed by atoms with van der Waals surface area (Å²) in [7, 11) is 0. The van der Waals surface area contributed by atoms with Gasteiger partial charge in [-0.05, 0) is 67.8 Å². The second kappa shape index (κ2) is 4.92. The van der Waals surface area contributed by atoms with Gasteiger partial charge in [0.15, 0.2) is 5.78 Å². The van der Waals surface area contributed by atoms with E-state index in [2.05, 4.69) is 19.0 Å². The molecule has 0 bridgehead atoms. The minimum absolute atomic E-state index is 0.0311. The monoisotopic (exact) mass is 317 g/mol. The van der Waals surface area contributed by atoms with E-state index in [1.807, 2.05) is 6.08 Å². The minimum Gasteiger partial charge on any atom is -0.411 e. The lowest BCUT2D eigenvalue weighted by Crippen LogP contribution is -2.56. The van der Waals surface area contributed by atoms with Crippen LogP contribution in [-0.4, -0.2) is 27.9 Å². The number of rotatable bonds is 0. The van der Waals surface area contributed by atoms with Crippen molar-refractivity contribution in [2.24, 2.45) is 33.7 Å². The van der Waals surface area contributed by atoms with E-state index >= 15 is 0 Å². The average molecular weight is 317 g/mol. The van der Waals surface area contributed by atoms with Crippen LogP contribution in [0.25, 0.3) is 0 Å².